The zero-order valence-electron chi connectivity index (χ0n) is 12.0. The molecular weight excluding hydrogens is 244 g/mol. The molecule has 3 heteroatoms. The maximum absolute atomic E-state index is 13.7. The van der Waals surface area contributed by atoms with Crippen molar-refractivity contribution in [3.8, 4) is 0 Å². The van der Waals surface area contributed by atoms with Crippen LogP contribution in [-0.4, -0.2) is 13.1 Å². The number of hydrogen-bond donors (Lipinski definition) is 1. The lowest BCUT2D eigenvalue weighted by Gasteiger charge is -2.27. The first-order valence-electron chi connectivity index (χ1n) is 6.64. The topological polar surface area (TPSA) is 12.0 Å². The first kappa shape index (κ1) is 15.8. The number of hydrogen-bond acceptors (Lipinski definition) is 1. The van der Waals surface area contributed by atoms with E-state index in [0.29, 0.717) is 17.9 Å². The first-order valence-corrected chi connectivity index (χ1v) is 6.64. The van der Waals surface area contributed by atoms with Crippen molar-refractivity contribution in [2.45, 2.75) is 27.2 Å². The Morgan fingerprint density at radius 1 is 1.37 bits per heavy atom. The molecule has 1 aromatic carbocycles. The lowest BCUT2D eigenvalue weighted by atomic mass is 9.83. The van der Waals surface area contributed by atoms with Crippen LogP contribution in [0.25, 0.3) is 0 Å². The fourth-order valence-electron chi connectivity index (χ4n) is 1.95. The fourth-order valence-corrected chi connectivity index (χ4v) is 1.95. The minimum atomic E-state index is -0.542. The second-order valence-corrected chi connectivity index (χ2v) is 5.80. The predicted octanol–water partition coefficient (Wildman–Crippen LogP) is 3.95. The van der Waals surface area contributed by atoms with E-state index in [9.17, 15) is 8.78 Å². The summed E-state index contributed by atoms with van der Waals surface area (Å²) in [6.45, 7) is 11.8. The summed E-state index contributed by atoms with van der Waals surface area (Å²) < 4.78 is 26.6. The maximum atomic E-state index is 13.7. The van der Waals surface area contributed by atoms with Crippen LogP contribution < -0.4 is 5.32 Å². The highest BCUT2D eigenvalue weighted by atomic mass is 19.1. The summed E-state index contributed by atoms with van der Waals surface area (Å²) in [4.78, 5) is 0. The molecule has 0 bridgehead atoms. The fraction of sp³-hybridized carbons (Fsp3) is 0.500. The van der Waals surface area contributed by atoms with Crippen molar-refractivity contribution < 1.29 is 8.78 Å². The van der Waals surface area contributed by atoms with E-state index < -0.39 is 11.6 Å². The Labute approximate surface area is 114 Å². The third-order valence-electron chi connectivity index (χ3n) is 3.18. The highest BCUT2D eigenvalue weighted by molar-refractivity contribution is 5.21. The molecule has 1 unspecified atom stereocenters. The Hall–Kier alpha value is -1.22. The Morgan fingerprint density at radius 3 is 2.58 bits per heavy atom. The van der Waals surface area contributed by atoms with Gasteiger partial charge >= 0.3 is 0 Å². The molecule has 0 amide bonds. The summed E-state index contributed by atoms with van der Waals surface area (Å²) in [5.41, 5.74) is 0.281. The SMILES string of the molecule is C=CC(C)(CNCC(C)C)Cc1ccc(F)cc1F. The van der Waals surface area contributed by atoms with Gasteiger partial charge in [0, 0.05) is 18.0 Å². The minimum absolute atomic E-state index is 0.243. The molecule has 0 aliphatic heterocycles. The summed E-state index contributed by atoms with van der Waals surface area (Å²) in [6, 6.07) is 3.73. The third kappa shape index (κ3) is 5.11. The van der Waals surface area contributed by atoms with Crippen molar-refractivity contribution in [3.63, 3.8) is 0 Å². The Kier molecular flexibility index (Phi) is 5.67. The van der Waals surface area contributed by atoms with Crippen LogP contribution in [0.4, 0.5) is 8.78 Å². The Bertz CT molecular complexity index is 429. The minimum Gasteiger partial charge on any atom is -0.316 e. The normalized spacial score (nSPS) is 14.4. The molecule has 0 saturated heterocycles. The number of halogens is 2. The van der Waals surface area contributed by atoms with Gasteiger partial charge < -0.3 is 5.32 Å². The maximum Gasteiger partial charge on any atom is 0.129 e. The Morgan fingerprint density at radius 2 is 2.05 bits per heavy atom. The molecule has 1 N–H and O–H groups in total. The molecule has 0 aliphatic carbocycles. The summed E-state index contributed by atoms with van der Waals surface area (Å²) in [5, 5.41) is 3.36. The van der Waals surface area contributed by atoms with E-state index in [-0.39, 0.29) is 5.41 Å². The van der Waals surface area contributed by atoms with Gasteiger partial charge in [-0.15, -0.1) is 6.58 Å². The van der Waals surface area contributed by atoms with E-state index in [1.54, 1.807) is 0 Å². The van der Waals surface area contributed by atoms with E-state index in [1.165, 1.54) is 12.1 Å². The molecule has 0 aromatic heterocycles. The standard InChI is InChI=1S/C16H23F2N/c1-5-16(4,11-19-10-12(2)3)9-13-6-7-14(17)8-15(13)18/h5-8,12,19H,1,9-11H2,2-4H3. The zero-order chi connectivity index (χ0) is 14.5. The molecule has 1 nitrogen and oxygen atoms in total. The van der Waals surface area contributed by atoms with Gasteiger partial charge in [-0.25, -0.2) is 8.78 Å². The van der Waals surface area contributed by atoms with Gasteiger partial charge in [0.25, 0.3) is 0 Å². The van der Waals surface area contributed by atoms with Crippen molar-refractivity contribution in [2.75, 3.05) is 13.1 Å². The van der Waals surface area contributed by atoms with Gasteiger partial charge in [0.2, 0.25) is 0 Å². The quantitative estimate of drug-likeness (QED) is 0.738. The van der Waals surface area contributed by atoms with Crippen LogP contribution >= 0.6 is 0 Å². The lowest BCUT2D eigenvalue weighted by molar-refractivity contribution is 0.372. The van der Waals surface area contributed by atoms with E-state index >= 15 is 0 Å². The molecule has 1 rings (SSSR count). The summed E-state index contributed by atoms with van der Waals surface area (Å²) in [5.74, 6) is -0.465. The van der Waals surface area contributed by atoms with Crippen LogP contribution in [0.15, 0.2) is 30.9 Å². The molecule has 0 spiro atoms. The molecular formula is C16H23F2N. The molecule has 1 aromatic rings. The second-order valence-electron chi connectivity index (χ2n) is 5.80. The Balaban J connectivity index is 2.71. The average molecular weight is 267 g/mol. The van der Waals surface area contributed by atoms with Crippen molar-refractivity contribution in [1.82, 2.24) is 5.32 Å². The van der Waals surface area contributed by atoms with Crippen LogP contribution in [0.5, 0.6) is 0 Å². The highest BCUT2D eigenvalue weighted by Gasteiger charge is 2.22. The van der Waals surface area contributed by atoms with E-state index in [1.807, 2.05) is 13.0 Å². The first-order chi connectivity index (χ1) is 8.86. The monoisotopic (exact) mass is 267 g/mol. The van der Waals surface area contributed by atoms with Crippen LogP contribution in [-0.2, 0) is 6.42 Å². The molecule has 0 heterocycles. The smallest absolute Gasteiger partial charge is 0.129 e. The predicted molar refractivity (Wildman–Crippen MR) is 76.1 cm³/mol. The van der Waals surface area contributed by atoms with Crippen molar-refractivity contribution in [3.05, 3.63) is 48.1 Å². The van der Waals surface area contributed by atoms with Gasteiger partial charge in [-0.05, 0) is 30.5 Å². The van der Waals surface area contributed by atoms with Crippen molar-refractivity contribution in [2.24, 2.45) is 11.3 Å². The van der Waals surface area contributed by atoms with Crippen LogP contribution in [0.2, 0.25) is 0 Å². The molecule has 0 saturated carbocycles. The van der Waals surface area contributed by atoms with Gasteiger partial charge in [0.1, 0.15) is 11.6 Å². The summed E-state index contributed by atoms with van der Waals surface area (Å²) in [6.07, 6.45) is 2.34. The number of rotatable bonds is 7. The summed E-state index contributed by atoms with van der Waals surface area (Å²) in [7, 11) is 0. The molecule has 0 fully saturated rings. The number of nitrogens with one attached hydrogen (secondary N) is 1. The lowest BCUT2D eigenvalue weighted by Crippen LogP contribution is -2.34. The number of benzene rings is 1. The van der Waals surface area contributed by atoms with Crippen LogP contribution in [0.3, 0.4) is 0 Å². The third-order valence-corrected chi connectivity index (χ3v) is 3.18. The van der Waals surface area contributed by atoms with Gasteiger partial charge in [0.05, 0.1) is 0 Å². The molecule has 106 valence electrons. The molecule has 1 atom stereocenters. The van der Waals surface area contributed by atoms with Crippen LogP contribution in [0.1, 0.15) is 26.3 Å². The van der Waals surface area contributed by atoms with Crippen molar-refractivity contribution in [1.29, 1.82) is 0 Å². The van der Waals surface area contributed by atoms with Gasteiger partial charge in [-0.2, -0.15) is 0 Å². The molecule has 0 radical (unpaired) electrons. The second kappa shape index (κ2) is 6.80. The van der Waals surface area contributed by atoms with E-state index in [0.717, 1.165) is 19.2 Å². The van der Waals surface area contributed by atoms with Gasteiger partial charge in [-0.3, -0.25) is 0 Å². The van der Waals surface area contributed by atoms with Gasteiger partial charge in [-0.1, -0.05) is 32.9 Å². The van der Waals surface area contributed by atoms with Gasteiger partial charge in [0.15, 0.2) is 0 Å². The zero-order valence-corrected chi connectivity index (χ0v) is 12.0. The van der Waals surface area contributed by atoms with E-state index in [2.05, 4.69) is 25.7 Å². The molecule has 19 heavy (non-hydrogen) atoms. The largest absolute Gasteiger partial charge is 0.316 e. The molecule has 0 aliphatic rings. The van der Waals surface area contributed by atoms with E-state index in [4.69, 9.17) is 0 Å². The highest BCUT2D eigenvalue weighted by Crippen LogP contribution is 2.25. The summed E-state index contributed by atoms with van der Waals surface area (Å²) >= 11 is 0. The average Bonchev–Trinajstić information content (AvgIpc) is 2.32. The van der Waals surface area contributed by atoms with Crippen LogP contribution in [0, 0.1) is 23.0 Å². The van der Waals surface area contributed by atoms with Crippen molar-refractivity contribution >= 4 is 0 Å².